The molecule has 0 aliphatic carbocycles. The van der Waals surface area contributed by atoms with Crippen LogP contribution in [0.1, 0.15) is 55.6 Å². The number of hydrogen-bond donors (Lipinski definition) is 2. The number of aliphatic hydroxyl groups excluding tert-OH is 1. The first-order valence-corrected chi connectivity index (χ1v) is 6.57. The summed E-state index contributed by atoms with van der Waals surface area (Å²) < 4.78 is 5.12. The lowest BCUT2D eigenvalue weighted by Gasteiger charge is -2.11. The Balaban J connectivity index is 3.16. The van der Waals surface area contributed by atoms with Gasteiger partial charge in [-0.3, -0.25) is 4.79 Å². The molecule has 0 fully saturated rings. The summed E-state index contributed by atoms with van der Waals surface area (Å²) in [5.41, 5.74) is -0.797. The van der Waals surface area contributed by atoms with Gasteiger partial charge in [0.05, 0.1) is 0 Å². The molecule has 0 aliphatic heterocycles. The minimum atomic E-state index is -0.831. The molecule has 1 unspecified atom stereocenters. The Morgan fingerprint density at radius 2 is 2.15 bits per heavy atom. The smallest absolute Gasteiger partial charge is 0.351 e. The van der Waals surface area contributed by atoms with Crippen molar-refractivity contribution in [1.29, 1.82) is 0 Å². The molecule has 5 nitrogen and oxygen atoms in total. The maximum atomic E-state index is 11.9. The highest BCUT2D eigenvalue weighted by Gasteiger charge is 2.21. The van der Waals surface area contributed by atoms with E-state index < -0.39 is 11.4 Å². The van der Waals surface area contributed by atoms with Crippen molar-refractivity contribution in [2.75, 3.05) is 6.61 Å². The number of carbonyl (C=O) groups excluding carboxylic acids is 1. The van der Waals surface area contributed by atoms with E-state index in [9.17, 15) is 14.7 Å². The van der Waals surface area contributed by atoms with Crippen LogP contribution in [0.25, 0.3) is 0 Å². The van der Waals surface area contributed by atoms with Crippen molar-refractivity contribution in [3.05, 3.63) is 39.5 Å². The number of hydrogen-bond acceptors (Lipinski definition) is 5. The van der Waals surface area contributed by atoms with Crippen molar-refractivity contribution in [1.82, 2.24) is 0 Å². The molecule has 0 radical (unpaired) electrons. The third kappa shape index (κ3) is 3.57. The molecule has 20 heavy (non-hydrogen) atoms. The first-order chi connectivity index (χ1) is 9.42. The summed E-state index contributed by atoms with van der Waals surface area (Å²) in [6.45, 7) is 5.12. The monoisotopic (exact) mass is 280 g/mol. The van der Waals surface area contributed by atoms with Gasteiger partial charge in [-0.15, -0.1) is 0 Å². The molecule has 0 aliphatic rings. The lowest BCUT2D eigenvalue weighted by Crippen LogP contribution is -2.16. The van der Waals surface area contributed by atoms with Gasteiger partial charge in [-0.1, -0.05) is 13.0 Å². The fraction of sp³-hybridized carbons (Fsp3) is 0.467. The summed E-state index contributed by atoms with van der Waals surface area (Å²) in [7, 11) is 0. The molecule has 110 valence electrons. The normalized spacial score (nSPS) is 13.3. The Kier molecular flexibility index (Phi) is 5.70. The van der Waals surface area contributed by atoms with Gasteiger partial charge < -0.3 is 14.6 Å². The fourth-order valence-corrected chi connectivity index (χ4v) is 1.82. The summed E-state index contributed by atoms with van der Waals surface area (Å²) in [6, 6.07) is 1.31. The Labute approximate surface area is 117 Å². The van der Waals surface area contributed by atoms with Gasteiger partial charge in [0, 0.05) is 18.6 Å². The molecule has 5 heteroatoms. The van der Waals surface area contributed by atoms with Gasteiger partial charge in [-0.05, 0) is 32.3 Å². The lowest BCUT2D eigenvalue weighted by atomic mass is 10.00. The Morgan fingerprint density at radius 3 is 2.65 bits per heavy atom. The molecule has 1 aromatic heterocycles. The van der Waals surface area contributed by atoms with Gasteiger partial charge in [0.15, 0.2) is 5.78 Å². The zero-order valence-electron chi connectivity index (χ0n) is 12.0. The third-order valence-electron chi connectivity index (χ3n) is 3.25. The van der Waals surface area contributed by atoms with E-state index in [4.69, 9.17) is 9.52 Å². The van der Waals surface area contributed by atoms with E-state index in [1.54, 1.807) is 19.9 Å². The van der Waals surface area contributed by atoms with Crippen LogP contribution in [0.4, 0.5) is 0 Å². The van der Waals surface area contributed by atoms with Crippen LogP contribution in [-0.2, 0) is 0 Å². The number of allylic oxidation sites excluding steroid dienone is 2. The number of aromatic hydroxyl groups is 1. The van der Waals surface area contributed by atoms with E-state index in [2.05, 4.69) is 0 Å². The van der Waals surface area contributed by atoms with Crippen LogP contribution in [0, 0.1) is 0 Å². The molecule has 0 saturated heterocycles. The molecule has 1 rings (SSSR count). The summed E-state index contributed by atoms with van der Waals surface area (Å²) in [5.74, 6) is -0.699. The Hall–Kier alpha value is -1.88. The van der Waals surface area contributed by atoms with Gasteiger partial charge >= 0.3 is 5.63 Å². The molecular formula is C15H20O5. The van der Waals surface area contributed by atoms with Crippen LogP contribution in [0.3, 0.4) is 0 Å². The standard InChI is InChI=1S/C15H20O5/c1-4-9(2)14(18)13-11(17)8-12(20-15(13)19)10(3)6-5-7-16/h4,8,10,16-17H,5-7H2,1-3H3. The molecule has 0 spiro atoms. The van der Waals surface area contributed by atoms with Crippen molar-refractivity contribution >= 4 is 5.78 Å². The average Bonchev–Trinajstić information content (AvgIpc) is 2.42. The topological polar surface area (TPSA) is 87.7 Å². The van der Waals surface area contributed by atoms with E-state index in [1.165, 1.54) is 6.07 Å². The highest BCUT2D eigenvalue weighted by molar-refractivity contribution is 6.09. The minimum Gasteiger partial charge on any atom is -0.507 e. The van der Waals surface area contributed by atoms with Gasteiger partial charge in [0.2, 0.25) is 0 Å². The van der Waals surface area contributed by atoms with Crippen LogP contribution in [0.5, 0.6) is 5.75 Å². The molecule has 0 amide bonds. The number of carbonyl (C=O) groups is 1. The lowest BCUT2D eigenvalue weighted by molar-refractivity contribution is 0.102. The van der Waals surface area contributed by atoms with Crippen molar-refractivity contribution in [3.63, 3.8) is 0 Å². The maximum Gasteiger partial charge on any atom is 0.351 e. The quantitative estimate of drug-likeness (QED) is 0.617. The number of Topliss-reactive ketones (excluding diaryl/α,β-unsaturated/α-hetero) is 1. The van der Waals surface area contributed by atoms with Crippen molar-refractivity contribution in [3.8, 4) is 5.75 Å². The van der Waals surface area contributed by atoms with Crippen molar-refractivity contribution in [2.24, 2.45) is 0 Å². The van der Waals surface area contributed by atoms with Gasteiger partial charge in [-0.2, -0.15) is 0 Å². The van der Waals surface area contributed by atoms with Crippen LogP contribution < -0.4 is 5.63 Å². The summed E-state index contributed by atoms with van der Waals surface area (Å²) in [5, 5.41) is 18.7. The third-order valence-corrected chi connectivity index (χ3v) is 3.25. The van der Waals surface area contributed by atoms with Gasteiger partial charge in [0.1, 0.15) is 17.1 Å². The molecule has 0 saturated carbocycles. The molecular weight excluding hydrogens is 260 g/mol. The zero-order chi connectivity index (χ0) is 15.3. The number of rotatable bonds is 6. The van der Waals surface area contributed by atoms with E-state index in [1.807, 2.05) is 6.92 Å². The van der Waals surface area contributed by atoms with Gasteiger partial charge in [-0.25, -0.2) is 4.79 Å². The molecule has 1 aromatic rings. The number of ketones is 1. The second kappa shape index (κ2) is 7.05. The van der Waals surface area contributed by atoms with E-state index in [-0.39, 0.29) is 23.8 Å². The summed E-state index contributed by atoms with van der Waals surface area (Å²) >= 11 is 0. The van der Waals surface area contributed by atoms with E-state index in [0.717, 1.165) is 0 Å². The van der Waals surface area contributed by atoms with Crippen LogP contribution in [0.15, 0.2) is 26.9 Å². The second-order valence-electron chi connectivity index (χ2n) is 4.76. The zero-order valence-corrected chi connectivity index (χ0v) is 12.0. The predicted octanol–water partition coefficient (Wildman–Crippen LogP) is 2.37. The molecule has 1 atom stereocenters. The average molecular weight is 280 g/mol. The van der Waals surface area contributed by atoms with Gasteiger partial charge in [0.25, 0.3) is 0 Å². The minimum absolute atomic E-state index is 0.0532. The van der Waals surface area contributed by atoms with Crippen molar-refractivity contribution < 1.29 is 19.4 Å². The second-order valence-corrected chi connectivity index (χ2v) is 4.76. The van der Waals surface area contributed by atoms with E-state index >= 15 is 0 Å². The van der Waals surface area contributed by atoms with Crippen LogP contribution in [-0.4, -0.2) is 22.6 Å². The Bertz CT molecular complexity index is 568. The number of aliphatic hydroxyl groups is 1. The molecule has 0 aromatic carbocycles. The summed E-state index contributed by atoms with van der Waals surface area (Å²) in [4.78, 5) is 23.8. The van der Waals surface area contributed by atoms with Crippen LogP contribution >= 0.6 is 0 Å². The largest absolute Gasteiger partial charge is 0.507 e. The predicted molar refractivity (Wildman–Crippen MR) is 75.1 cm³/mol. The molecule has 0 bridgehead atoms. The molecule has 2 N–H and O–H groups in total. The highest BCUT2D eigenvalue weighted by atomic mass is 16.4. The first kappa shape index (κ1) is 16.2. The van der Waals surface area contributed by atoms with Crippen LogP contribution in [0.2, 0.25) is 0 Å². The van der Waals surface area contributed by atoms with Crippen molar-refractivity contribution in [2.45, 2.75) is 39.5 Å². The summed E-state index contributed by atoms with van der Waals surface area (Å²) in [6.07, 6.45) is 2.77. The first-order valence-electron chi connectivity index (χ1n) is 6.57. The fourth-order valence-electron chi connectivity index (χ4n) is 1.82. The SMILES string of the molecule is CC=C(C)C(=O)c1c(O)cc(C(C)CCCO)oc1=O. The van der Waals surface area contributed by atoms with E-state index in [0.29, 0.717) is 24.2 Å². The maximum absolute atomic E-state index is 11.9. The molecule has 1 heterocycles. The highest BCUT2D eigenvalue weighted by Crippen LogP contribution is 2.25. The Morgan fingerprint density at radius 1 is 1.50 bits per heavy atom.